The maximum absolute atomic E-state index is 11.9. The first-order chi connectivity index (χ1) is 8.83. The number of piperidine rings is 1. The summed E-state index contributed by atoms with van der Waals surface area (Å²) < 4.78 is 34.2. The highest BCUT2D eigenvalue weighted by Gasteiger charge is 2.49. The summed E-state index contributed by atoms with van der Waals surface area (Å²) in [5.41, 5.74) is 2.12. The van der Waals surface area contributed by atoms with Crippen molar-refractivity contribution in [2.45, 2.75) is 24.9 Å². The summed E-state index contributed by atoms with van der Waals surface area (Å²) in [6, 6.07) is -2.05. The molecule has 19 heavy (non-hydrogen) atoms. The van der Waals surface area contributed by atoms with Crippen LogP contribution in [0.1, 0.15) is 12.8 Å². The van der Waals surface area contributed by atoms with Crippen LogP contribution < -0.4 is 5.48 Å². The maximum atomic E-state index is 11.9. The van der Waals surface area contributed by atoms with Gasteiger partial charge in [-0.1, -0.05) is 0 Å². The van der Waals surface area contributed by atoms with Crippen LogP contribution in [0.25, 0.3) is 0 Å². The third kappa shape index (κ3) is 2.78. The average Bonchev–Trinajstić information content (AvgIpc) is 2.53. The average molecular weight is 295 g/mol. The molecule has 2 rings (SSSR count). The van der Waals surface area contributed by atoms with Gasteiger partial charge in [-0.25, -0.2) is 10.3 Å². The van der Waals surface area contributed by atoms with Crippen molar-refractivity contribution in [1.82, 2.24) is 15.4 Å². The van der Waals surface area contributed by atoms with Gasteiger partial charge in [0.15, 0.2) is 0 Å². The van der Waals surface area contributed by atoms with Crippen molar-refractivity contribution in [2.75, 3.05) is 13.7 Å². The molecule has 0 aromatic rings. The highest BCUT2D eigenvalue weighted by Crippen LogP contribution is 2.30. The Bertz CT molecular complexity index is 493. The van der Waals surface area contributed by atoms with Gasteiger partial charge in [0.1, 0.15) is 6.04 Å². The molecule has 3 amide bonds. The SMILES string of the molecule is CONC(=O)[C@@H]1CC[C@@H]2CN1C(=O)N2OS(=O)(=O)O. The molecule has 2 aliphatic rings. The Morgan fingerprint density at radius 3 is 2.74 bits per heavy atom. The topological polar surface area (TPSA) is 125 Å². The number of hydrogen-bond donors (Lipinski definition) is 2. The fourth-order valence-electron chi connectivity index (χ4n) is 2.27. The summed E-state index contributed by atoms with van der Waals surface area (Å²) in [6.45, 7) is 0.149. The summed E-state index contributed by atoms with van der Waals surface area (Å²) in [6.07, 6.45) is 0.719. The van der Waals surface area contributed by atoms with Gasteiger partial charge >= 0.3 is 16.4 Å². The first-order valence-corrected chi connectivity index (χ1v) is 6.79. The van der Waals surface area contributed by atoms with Crippen LogP contribution in [-0.4, -0.2) is 60.6 Å². The highest BCUT2D eigenvalue weighted by molar-refractivity contribution is 7.80. The smallest absolute Gasteiger partial charge is 0.309 e. The molecule has 11 heteroatoms. The van der Waals surface area contributed by atoms with Crippen LogP contribution in [0, 0.1) is 0 Å². The molecule has 0 saturated carbocycles. The summed E-state index contributed by atoms with van der Waals surface area (Å²) in [7, 11) is -3.51. The Balaban J connectivity index is 2.13. The normalized spacial score (nSPS) is 26.7. The van der Waals surface area contributed by atoms with Crippen LogP contribution in [0.3, 0.4) is 0 Å². The van der Waals surface area contributed by atoms with E-state index < -0.39 is 34.4 Å². The zero-order valence-corrected chi connectivity index (χ0v) is 10.8. The predicted molar refractivity (Wildman–Crippen MR) is 58.5 cm³/mol. The minimum absolute atomic E-state index is 0.149. The van der Waals surface area contributed by atoms with E-state index in [0.29, 0.717) is 17.9 Å². The van der Waals surface area contributed by atoms with Gasteiger partial charge in [0.05, 0.1) is 13.2 Å². The Labute approximate surface area is 109 Å². The lowest BCUT2D eigenvalue weighted by Crippen LogP contribution is -2.49. The van der Waals surface area contributed by atoms with Crippen molar-refractivity contribution < 1.29 is 31.7 Å². The quantitative estimate of drug-likeness (QED) is 0.486. The minimum atomic E-state index is -4.77. The molecular formula is C8H13N3O7S. The van der Waals surface area contributed by atoms with E-state index in [-0.39, 0.29) is 6.54 Å². The molecule has 2 N–H and O–H groups in total. The largest absolute Gasteiger partial charge is 0.418 e. The van der Waals surface area contributed by atoms with E-state index in [0.717, 1.165) is 0 Å². The number of carbonyl (C=O) groups is 2. The number of nitrogens with one attached hydrogen (secondary N) is 1. The third-order valence-electron chi connectivity index (χ3n) is 3.00. The number of urea groups is 1. The fourth-order valence-corrected chi connectivity index (χ4v) is 2.66. The lowest BCUT2D eigenvalue weighted by atomic mass is 10.0. The number of hydroxylamine groups is 3. The lowest BCUT2D eigenvalue weighted by Gasteiger charge is -2.28. The van der Waals surface area contributed by atoms with E-state index in [4.69, 9.17) is 4.55 Å². The predicted octanol–water partition coefficient (Wildman–Crippen LogP) is -1.33. The summed E-state index contributed by atoms with van der Waals surface area (Å²) in [5, 5.41) is 0.579. The zero-order valence-electron chi connectivity index (χ0n) is 9.98. The van der Waals surface area contributed by atoms with Crippen LogP contribution in [0.15, 0.2) is 0 Å². The van der Waals surface area contributed by atoms with E-state index in [1.54, 1.807) is 0 Å². The van der Waals surface area contributed by atoms with Gasteiger partial charge in [-0.15, -0.1) is 4.28 Å². The molecule has 0 aromatic carbocycles. The van der Waals surface area contributed by atoms with Gasteiger partial charge in [0, 0.05) is 6.54 Å². The lowest BCUT2D eigenvalue weighted by molar-refractivity contribution is -0.136. The van der Waals surface area contributed by atoms with Gasteiger partial charge < -0.3 is 4.90 Å². The molecule has 2 aliphatic heterocycles. The third-order valence-corrected chi connectivity index (χ3v) is 3.35. The molecule has 2 atom stereocenters. The van der Waals surface area contributed by atoms with E-state index >= 15 is 0 Å². The number of rotatable bonds is 4. The second-order valence-electron chi connectivity index (χ2n) is 4.18. The Morgan fingerprint density at radius 1 is 1.47 bits per heavy atom. The van der Waals surface area contributed by atoms with Crippen LogP contribution in [-0.2, 0) is 24.3 Å². The van der Waals surface area contributed by atoms with Crippen LogP contribution in [0.5, 0.6) is 0 Å². The molecule has 0 spiro atoms. The number of nitrogens with zero attached hydrogens (tertiary/aromatic N) is 2. The van der Waals surface area contributed by atoms with Crippen molar-refractivity contribution in [3.05, 3.63) is 0 Å². The molecule has 2 saturated heterocycles. The highest BCUT2D eigenvalue weighted by atomic mass is 32.3. The molecule has 2 bridgehead atoms. The monoisotopic (exact) mass is 295 g/mol. The van der Waals surface area contributed by atoms with Gasteiger partial charge in [-0.05, 0) is 12.8 Å². The molecule has 2 heterocycles. The molecule has 0 aromatic heterocycles. The van der Waals surface area contributed by atoms with E-state index in [1.165, 1.54) is 12.0 Å². The van der Waals surface area contributed by atoms with Crippen LogP contribution in [0.2, 0.25) is 0 Å². The summed E-state index contributed by atoms with van der Waals surface area (Å²) in [4.78, 5) is 29.2. The maximum Gasteiger partial charge on any atom is 0.418 e. The van der Waals surface area contributed by atoms with Crippen molar-refractivity contribution in [1.29, 1.82) is 0 Å². The molecular weight excluding hydrogens is 282 g/mol. The Kier molecular flexibility index (Phi) is 3.62. The van der Waals surface area contributed by atoms with Crippen LogP contribution in [0.4, 0.5) is 4.79 Å². The number of amides is 3. The number of carbonyl (C=O) groups excluding carboxylic acids is 2. The number of hydrogen-bond acceptors (Lipinski definition) is 6. The second kappa shape index (κ2) is 4.92. The zero-order chi connectivity index (χ0) is 14.2. The van der Waals surface area contributed by atoms with Crippen molar-refractivity contribution in [3.8, 4) is 0 Å². The molecule has 0 aliphatic carbocycles. The van der Waals surface area contributed by atoms with Crippen molar-refractivity contribution in [3.63, 3.8) is 0 Å². The standard InChI is InChI=1S/C8H13N3O7S/c1-17-9-7(12)6-3-2-5-4-10(6)8(13)11(5)18-19(14,15)16/h5-6H,2-4H2,1H3,(H,9,12)(H,14,15,16)/t5-,6+/m1/s1. The molecule has 2 fully saturated rings. The molecule has 0 radical (unpaired) electrons. The van der Waals surface area contributed by atoms with E-state index in [9.17, 15) is 18.0 Å². The number of fused-ring (bicyclic) bond motifs is 2. The molecule has 0 unspecified atom stereocenters. The second-order valence-corrected chi connectivity index (χ2v) is 5.18. The van der Waals surface area contributed by atoms with Gasteiger partial charge in [0.25, 0.3) is 5.91 Å². The minimum Gasteiger partial charge on any atom is -0.309 e. The van der Waals surface area contributed by atoms with Gasteiger partial charge in [0.2, 0.25) is 0 Å². The Hall–Kier alpha value is -1.43. The first-order valence-electron chi connectivity index (χ1n) is 5.43. The van der Waals surface area contributed by atoms with E-state index in [2.05, 4.69) is 14.6 Å². The van der Waals surface area contributed by atoms with Crippen LogP contribution >= 0.6 is 0 Å². The summed E-state index contributed by atoms with van der Waals surface area (Å²) >= 11 is 0. The van der Waals surface area contributed by atoms with Gasteiger partial charge in [-0.3, -0.25) is 14.2 Å². The fraction of sp³-hybridized carbons (Fsp3) is 0.750. The van der Waals surface area contributed by atoms with E-state index in [1.807, 2.05) is 0 Å². The molecule has 108 valence electrons. The van der Waals surface area contributed by atoms with Crippen molar-refractivity contribution >= 4 is 22.3 Å². The molecule has 10 nitrogen and oxygen atoms in total. The first kappa shape index (κ1) is 14.0. The summed E-state index contributed by atoms with van der Waals surface area (Å²) in [5.74, 6) is -0.497. The van der Waals surface area contributed by atoms with Crippen molar-refractivity contribution in [2.24, 2.45) is 0 Å². The van der Waals surface area contributed by atoms with Gasteiger partial charge in [-0.2, -0.15) is 13.5 Å². The Morgan fingerprint density at radius 2 is 2.16 bits per heavy atom.